The van der Waals surface area contributed by atoms with Gasteiger partial charge in [-0.05, 0) is 151 Å². The number of likely N-dealkylation sites (tertiary alicyclic amines) is 3. The van der Waals surface area contributed by atoms with Crippen molar-refractivity contribution in [3.05, 3.63) is 241 Å². The number of hydrogen-bond acceptors (Lipinski definition) is 8. The van der Waals surface area contributed by atoms with Crippen LogP contribution in [0, 0.1) is 0 Å². The molecule has 12 aromatic rings. The topological polar surface area (TPSA) is 188 Å². The molecule has 0 unspecified atom stereocenters. The number of hydrogen-bond donors (Lipinski definition) is 5. The molecule has 0 aliphatic carbocycles. The molecule has 16 rings (SSSR count). The predicted octanol–water partition coefficient (Wildman–Crippen LogP) is 16.3. The summed E-state index contributed by atoms with van der Waals surface area (Å²) in [5.74, 6) is 4.05. The number of ether oxygens (including phenoxy) is 1. The molecule has 0 saturated carbocycles. The number of benzene rings is 8. The first-order valence-electron chi connectivity index (χ1n) is 34.7. The first kappa shape index (κ1) is 63.4. The molecule has 4 saturated heterocycles. The molecular formula is C82H83N12O4+. The van der Waals surface area contributed by atoms with Crippen LogP contribution in [0.5, 0.6) is 0 Å². The van der Waals surface area contributed by atoms with E-state index in [4.69, 9.17) is 19.7 Å². The van der Waals surface area contributed by atoms with E-state index in [-0.39, 0.29) is 36.0 Å². The van der Waals surface area contributed by atoms with Crippen LogP contribution >= 0.6 is 0 Å². The second-order valence-electron chi connectivity index (χ2n) is 27.5. The monoisotopic (exact) mass is 1300 g/mol. The normalized spacial score (nSPS) is 17.8. The summed E-state index contributed by atoms with van der Waals surface area (Å²) in [6.07, 6.45) is 16.3. The summed E-state index contributed by atoms with van der Waals surface area (Å²) in [6, 6.07) is 63.4. The molecule has 3 amide bonds. The van der Waals surface area contributed by atoms with E-state index in [2.05, 4.69) is 169 Å². The molecule has 8 aromatic carbocycles. The van der Waals surface area contributed by atoms with Crippen LogP contribution < -0.4 is 9.88 Å². The van der Waals surface area contributed by atoms with E-state index in [1.54, 1.807) is 4.90 Å². The standard InChI is InChI=1S/C43H44N6O3.C39H38N6O/c1-43(2,3)52-42(51)49-24-10-16-38(49)41-45-27-36(47-41)34-22-21-31(32-13-7-8-14-33(32)34)29-17-19-30(20-18-29)35-26-44-40(46-35)37-15-9-23-48(37)39(50)25-28-11-5-4-6-12-28;1-44-36(25-42-39(44)35-14-8-22-45(35)37(46)23-26-9-3-2-4-10-26)28-17-15-27(16-18-28)29-19-20-32(31-12-6-5-11-30(29)31)34-24-41-38(43-34)33-13-7-21-40-33/h4-8,11-14,17-22,26-27,37-38H,9-10,15-16,23-25H2,1-3H3,(H,44,46)(H,45,47);2-6,9-12,15-20,24-25,33,35,40H,7-8,13-14,21-23H2,1H3,(H,41,43)/p+1/t37-,38-;33-,35-/m00/s1. The highest BCUT2D eigenvalue weighted by atomic mass is 16.6. The fourth-order valence-electron chi connectivity index (χ4n) is 15.2. The van der Waals surface area contributed by atoms with Crippen molar-refractivity contribution in [3.63, 3.8) is 0 Å². The van der Waals surface area contributed by atoms with Crippen LogP contribution in [0.15, 0.2) is 207 Å². The van der Waals surface area contributed by atoms with E-state index in [9.17, 15) is 14.4 Å². The van der Waals surface area contributed by atoms with Crippen molar-refractivity contribution in [2.75, 3.05) is 26.2 Å². The number of nitrogens with one attached hydrogen (secondary N) is 5. The Morgan fingerprint density at radius 2 is 0.898 bits per heavy atom. The quantitative estimate of drug-likeness (QED) is 0.0665. The fourth-order valence-corrected chi connectivity index (χ4v) is 15.2. The van der Waals surface area contributed by atoms with E-state index in [0.29, 0.717) is 25.4 Å². The van der Waals surface area contributed by atoms with Gasteiger partial charge in [0.25, 0.3) is 5.82 Å². The molecule has 0 spiro atoms. The van der Waals surface area contributed by atoms with E-state index in [0.717, 1.165) is 160 Å². The second-order valence-corrected chi connectivity index (χ2v) is 27.5. The Labute approximate surface area is 571 Å². The minimum absolute atomic E-state index is 0.0397. The van der Waals surface area contributed by atoms with Gasteiger partial charge in [-0.25, -0.2) is 29.3 Å². The Morgan fingerprint density at radius 3 is 1.43 bits per heavy atom. The molecule has 16 heteroatoms. The molecule has 4 atom stereocenters. The summed E-state index contributed by atoms with van der Waals surface area (Å²) < 4.78 is 7.91. The SMILES string of the molecule is CC(C)(C)OC(=O)N1CCC[C@H]1c1ncc(-c2ccc(-c3ccc(-c4cnc([C@@H]5CCCN5C(=O)Cc5ccccc5)[nH]4)cc3)c3ccccc23)[nH]1.C[n+]1c(-c2ccc(-c3ccc(-c4cnc([C@@H]5CCCN5)[nH]4)c4ccccc34)cc2)c[nH]c1[C@@H]1CCCN1C(=O)Cc1ccccc1. The molecule has 98 heavy (non-hydrogen) atoms. The number of carbonyl (C=O) groups excluding carboxylic acids is 3. The molecule has 4 fully saturated rings. The van der Waals surface area contributed by atoms with Crippen LogP contribution in [-0.2, 0) is 34.2 Å². The number of aromatic nitrogens is 8. The maximum absolute atomic E-state index is 13.3. The highest BCUT2D eigenvalue weighted by molar-refractivity contribution is 6.06. The summed E-state index contributed by atoms with van der Waals surface area (Å²) in [4.78, 5) is 73.7. The number of aromatic amines is 4. The number of H-pyrrole nitrogens is 4. The van der Waals surface area contributed by atoms with Crippen molar-refractivity contribution in [3.8, 4) is 67.3 Å². The number of nitrogens with zero attached hydrogens (tertiary/aromatic N) is 7. The van der Waals surface area contributed by atoms with Crippen LogP contribution in [0.25, 0.3) is 88.8 Å². The van der Waals surface area contributed by atoms with Crippen molar-refractivity contribution >= 4 is 39.5 Å². The number of fused-ring (bicyclic) bond motifs is 2. The van der Waals surface area contributed by atoms with Gasteiger partial charge in [-0.15, -0.1) is 0 Å². The van der Waals surface area contributed by atoms with E-state index in [1.165, 1.54) is 33.9 Å². The minimum Gasteiger partial charge on any atom is -0.444 e. The molecule has 4 aromatic heterocycles. The van der Waals surface area contributed by atoms with Gasteiger partial charge in [0.1, 0.15) is 35.3 Å². The maximum Gasteiger partial charge on any atom is 0.410 e. The number of carbonyl (C=O) groups is 3. The van der Waals surface area contributed by atoms with Crippen LogP contribution in [-0.4, -0.2) is 99.3 Å². The van der Waals surface area contributed by atoms with Crippen molar-refractivity contribution in [2.24, 2.45) is 7.05 Å². The van der Waals surface area contributed by atoms with Gasteiger partial charge in [-0.2, -0.15) is 0 Å². The Bertz CT molecular complexity index is 4830. The Kier molecular flexibility index (Phi) is 17.7. The van der Waals surface area contributed by atoms with Crippen molar-refractivity contribution < 1.29 is 23.7 Å². The Hall–Kier alpha value is -10.7. The average molecular weight is 1300 g/mol. The zero-order valence-corrected chi connectivity index (χ0v) is 56.1. The lowest BCUT2D eigenvalue weighted by Crippen LogP contribution is -2.41. The Balaban J connectivity index is 0.000000161. The van der Waals surface area contributed by atoms with Gasteiger partial charge in [0.05, 0.1) is 73.7 Å². The third-order valence-electron chi connectivity index (χ3n) is 20.1. The van der Waals surface area contributed by atoms with Gasteiger partial charge in [-0.3, -0.25) is 14.5 Å². The smallest absolute Gasteiger partial charge is 0.410 e. The summed E-state index contributed by atoms with van der Waals surface area (Å²) in [6.45, 7) is 8.93. The molecule has 5 N–H and O–H groups in total. The largest absolute Gasteiger partial charge is 0.444 e. The van der Waals surface area contributed by atoms with Crippen LogP contribution in [0.4, 0.5) is 4.79 Å². The summed E-state index contributed by atoms with van der Waals surface area (Å²) in [7, 11) is 2.10. The molecule has 4 aliphatic heterocycles. The number of imidazole rings is 4. The highest BCUT2D eigenvalue weighted by Crippen LogP contribution is 2.41. The summed E-state index contributed by atoms with van der Waals surface area (Å²) >= 11 is 0. The molecule has 0 bridgehead atoms. The minimum atomic E-state index is -0.550. The summed E-state index contributed by atoms with van der Waals surface area (Å²) in [5.41, 5.74) is 14.6. The van der Waals surface area contributed by atoms with Gasteiger partial charge >= 0.3 is 6.09 Å². The molecule has 4 aliphatic rings. The fraction of sp³-hybridized carbons (Fsp3) is 0.280. The second kappa shape index (κ2) is 27.4. The van der Waals surface area contributed by atoms with Gasteiger partial charge in [0, 0.05) is 36.3 Å². The predicted molar refractivity (Wildman–Crippen MR) is 385 cm³/mol. The lowest BCUT2D eigenvalue weighted by atomic mass is 9.93. The third kappa shape index (κ3) is 13.1. The van der Waals surface area contributed by atoms with Crippen LogP contribution in [0.2, 0.25) is 0 Å². The Morgan fingerprint density at radius 1 is 0.469 bits per heavy atom. The molecular weight excluding hydrogens is 1220 g/mol. The van der Waals surface area contributed by atoms with E-state index >= 15 is 0 Å². The highest BCUT2D eigenvalue weighted by Gasteiger charge is 2.38. The first-order valence-corrected chi connectivity index (χ1v) is 34.7. The van der Waals surface area contributed by atoms with Gasteiger partial charge < -0.3 is 34.8 Å². The lowest BCUT2D eigenvalue weighted by Gasteiger charge is -2.27. The third-order valence-corrected chi connectivity index (χ3v) is 20.1. The first-order chi connectivity index (χ1) is 47.9. The average Bonchev–Trinajstić information content (AvgIpc) is 1.23. The molecule has 0 radical (unpaired) electrons. The van der Waals surface area contributed by atoms with Crippen molar-refractivity contribution in [2.45, 2.75) is 115 Å². The number of amides is 3. The molecule has 16 nitrogen and oxygen atoms in total. The van der Waals surface area contributed by atoms with Gasteiger partial charge in [0.2, 0.25) is 11.8 Å². The van der Waals surface area contributed by atoms with E-state index in [1.807, 2.05) is 105 Å². The van der Waals surface area contributed by atoms with Gasteiger partial charge in [0.15, 0.2) is 5.69 Å². The van der Waals surface area contributed by atoms with Crippen LogP contribution in [0.3, 0.4) is 0 Å². The lowest BCUT2D eigenvalue weighted by molar-refractivity contribution is -0.669. The zero-order chi connectivity index (χ0) is 66.9. The van der Waals surface area contributed by atoms with Crippen molar-refractivity contribution in [1.82, 2.24) is 54.9 Å². The van der Waals surface area contributed by atoms with Gasteiger partial charge in [-0.1, -0.05) is 170 Å². The van der Waals surface area contributed by atoms with Crippen molar-refractivity contribution in [1.29, 1.82) is 0 Å². The number of rotatable bonds is 14. The van der Waals surface area contributed by atoms with Crippen LogP contribution in [0.1, 0.15) is 131 Å². The molecule has 8 heterocycles. The molecule has 494 valence electrons. The summed E-state index contributed by atoms with van der Waals surface area (Å²) in [5, 5.41) is 8.24. The maximum atomic E-state index is 13.3. The van der Waals surface area contributed by atoms with E-state index < -0.39 is 5.60 Å². The zero-order valence-electron chi connectivity index (χ0n) is 56.1.